The standard InChI is InChI=1S/C13H16BrF3N2/c14-8-7-10-4-1-2-9-19(10)12-6-3-5-11(18-12)13(15,16)17/h3,5-6,10H,1-2,4,7-9H2. The van der Waals surface area contributed by atoms with Gasteiger partial charge >= 0.3 is 6.18 Å². The highest BCUT2D eigenvalue weighted by Gasteiger charge is 2.33. The first kappa shape index (κ1) is 14.6. The number of aromatic nitrogens is 1. The molecule has 0 aromatic carbocycles. The molecular formula is C13H16BrF3N2. The summed E-state index contributed by atoms with van der Waals surface area (Å²) in [5.41, 5.74) is -0.812. The molecule has 1 atom stereocenters. The van der Waals surface area contributed by atoms with Crippen molar-refractivity contribution in [3.63, 3.8) is 0 Å². The fourth-order valence-electron chi connectivity index (χ4n) is 2.47. The van der Waals surface area contributed by atoms with Gasteiger partial charge in [-0.3, -0.25) is 0 Å². The number of pyridine rings is 1. The van der Waals surface area contributed by atoms with E-state index in [-0.39, 0.29) is 6.04 Å². The van der Waals surface area contributed by atoms with Crippen LogP contribution in [-0.4, -0.2) is 22.9 Å². The lowest BCUT2D eigenvalue weighted by Gasteiger charge is -2.36. The summed E-state index contributed by atoms with van der Waals surface area (Å²) in [6.07, 6.45) is -0.290. The molecule has 1 aliphatic rings. The number of hydrogen-bond acceptors (Lipinski definition) is 2. The van der Waals surface area contributed by atoms with Crippen molar-refractivity contribution in [2.45, 2.75) is 37.9 Å². The number of rotatable bonds is 3. The summed E-state index contributed by atoms with van der Waals surface area (Å²) < 4.78 is 38.1. The van der Waals surface area contributed by atoms with E-state index in [9.17, 15) is 13.2 Å². The van der Waals surface area contributed by atoms with Gasteiger partial charge in [-0.15, -0.1) is 0 Å². The SMILES string of the molecule is FC(F)(F)c1cccc(N2CCCCC2CCBr)n1. The third-order valence-corrected chi connectivity index (χ3v) is 3.85. The van der Waals surface area contributed by atoms with Gasteiger partial charge in [0.25, 0.3) is 0 Å². The molecule has 0 amide bonds. The zero-order valence-corrected chi connectivity index (χ0v) is 12.0. The van der Waals surface area contributed by atoms with Gasteiger partial charge in [0.2, 0.25) is 0 Å². The molecule has 6 heteroatoms. The molecule has 0 radical (unpaired) electrons. The predicted molar refractivity (Wildman–Crippen MR) is 72.6 cm³/mol. The van der Waals surface area contributed by atoms with Crippen molar-refractivity contribution >= 4 is 21.7 Å². The van der Waals surface area contributed by atoms with Crippen LogP contribution in [0.25, 0.3) is 0 Å². The monoisotopic (exact) mass is 336 g/mol. The van der Waals surface area contributed by atoms with E-state index in [1.807, 2.05) is 4.90 Å². The first-order valence-corrected chi connectivity index (χ1v) is 7.51. The van der Waals surface area contributed by atoms with Gasteiger partial charge in [-0.1, -0.05) is 22.0 Å². The average molecular weight is 337 g/mol. The Morgan fingerprint density at radius 2 is 2.11 bits per heavy atom. The maximum Gasteiger partial charge on any atom is 0.433 e. The molecule has 0 saturated carbocycles. The van der Waals surface area contributed by atoms with Crippen LogP contribution in [0.5, 0.6) is 0 Å². The molecule has 0 N–H and O–H groups in total. The minimum absolute atomic E-state index is 0.282. The van der Waals surface area contributed by atoms with E-state index >= 15 is 0 Å². The van der Waals surface area contributed by atoms with Crippen LogP contribution >= 0.6 is 15.9 Å². The number of nitrogens with zero attached hydrogens (tertiary/aromatic N) is 2. The summed E-state index contributed by atoms with van der Waals surface area (Å²) in [7, 11) is 0. The third-order valence-electron chi connectivity index (χ3n) is 3.39. The van der Waals surface area contributed by atoms with E-state index in [0.29, 0.717) is 5.82 Å². The lowest BCUT2D eigenvalue weighted by Crippen LogP contribution is -2.40. The fraction of sp³-hybridized carbons (Fsp3) is 0.615. The molecule has 0 aliphatic carbocycles. The average Bonchev–Trinajstić information content (AvgIpc) is 2.39. The lowest BCUT2D eigenvalue weighted by molar-refractivity contribution is -0.141. The highest BCUT2D eigenvalue weighted by molar-refractivity contribution is 9.09. The van der Waals surface area contributed by atoms with E-state index < -0.39 is 11.9 Å². The maximum atomic E-state index is 12.7. The van der Waals surface area contributed by atoms with Crippen LogP contribution in [0.4, 0.5) is 19.0 Å². The van der Waals surface area contributed by atoms with E-state index in [1.165, 1.54) is 6.07 Å². The van der Waals surface area contributed by atoms with Crippen molar-refractivity contribution in [3.05, 3.63) is 23.9 Å². The Bertz CT molecular complexity index is 421. The Balaban J connectivity index is 2.24. The molecule has 1 aromatic heterocycles. The van der Waals surface area contributed by atoms with Crippen molar-refractivity contribution in [2.75, 3.05) is 16.8 Å². The van der Waals surface area contributed by atoms with Crippen LogP contribution in [0.3, 0.4) is 0 Å². The van der Waals surface area contributed by atoms with E-state index in [1.54, 1.807) is 6.07 Å². The largest absolute Gasteiger partial charge is 0.433 e. The Kier molecular flexibility index (Phi) is 4.71. The molecule has 2 heterocycles. The van der Waals surface area contributed by atoms with Crippen LogP contribution in [0.2, 0.25) is 0 Å². The van der Waals surface area contributed by atoms with Gasteiger partial charge in [0.15, 0.2) is 0 Å². The van der Waals surface area contributed by atoms with Crippen molar-refractivity contribution in [3.8, 4) is 0 Å². The molecule has 0 bridgehead atoms. The summed E-state index contributed by atoms with van der Waals surface area (Å²) in [6, 6.07) is 4.41. The number of anilines is 1. The van der Waals surface area contributed by atoms with Gasteiger partial charge in [-0.25, -0.2) is 4.98 Å². The number of hydrogen-bond donors (Lipinski definition) is 0. The minimum atomic E-state index is -4.38. The summed E-state index contributed by atoms with van der Waals surface area (Å²) in [5.74, 6) is 0.445. The van der Waals surface area contributed by atoms with E-state index in [0.717, 1.165) is 43.6 Å². The van der Waals surface area contributed by atoms with Crippen molar-refractivity contribution < 1.29 is 13.2 Å². The van der Waals surface area contributed by atoms with Crippen molar-refractivity contribution in [2.24, 2.45) is 0 Å². The van der Waals surface area contributed by atoms with Crippen LogP contribution in [0.15, 0.2) is 18.2 Å². The summed E-state index contributed by atoms with van der Waals surface area (Å²) >= 11 is 3.40. The second kappa shape index (κ2) is 6.11. The van der Waals surface area contributed by atoms with Gasteiger partial charge in [0, 0.05) is 17.9 Å². The molecule has 1 unspecified atom stereocenters. The molecule has 2 nitrogen and oxygen atoms in total. The normalized spacial score (nSPS) is 20.6. The highest BCUT2D eigenvalue weighted by atomic mass is 79.9. The first-order valence-electron chi connectivity index (χ1n) is 6.39. The van der Waals surface area contributed by atoms with Crippen molar-refractivity contribution in [1.82, 2.24) is 4.98 Å². The fourth-order valence-corrected chi connectivity index (χ4v) is 3.00. The van der Waals surface area contributed by atoms with Crippen LogP contribution in [0, 0.1) is 0 Å². The van der Waals surface area contributed by atoms with Gasteiger partial charge < -0.3 is 4.90 Å². The highest BCUT2D eigenvalue weighted by Crippen LogP contribution is 2.31. The third kappa shape index (κ3) is 3.61. The van der Waals surface area contributed by atoms with Gasteiger partial charge in [0.05, 0.1) is 0 Å². The molecular weight excluding hydrogens is 321 g/mol. The van der Waals surface area contributed by atoms with Crippen LogP contribution in [0.1, 0.15) is 31.4 Å². The zero-order chi connectivity index (χ0) is 13.9. The first-order chi connectivity index (χ1) is 9.02. The topological polar surface area (TPSA) is 16.1 Å². The second-order valence-electron chi connectivity index (χ2n) is 4.70. The molecule has 1 aliphatic heterocycles. The predicted octanol–water partition coefficient (Wildman–Crippen LogP) is 4.24. The minimum Gasteiger partial charge on any atom is -0.354 e. The van der Waals surface area contributed by atoms with Gasteiger partial charge in [-0.2, -0.15) is 13.2 Å². The smallest absolute Gasteiger partial charge is 0.354 e. The van der Waals surface area contributed by atoms with Crippen LogP contribution in [-0.2, 0) is 6.18 Å². The quantitative estimate of drug-likeness (QED) is 0.767. The zero-order valence-electron chi connectivity index (χ0n) is 10.5. The molecule has 1 aromatic rings. The lowest BCUT2D eigenvalue weighted by atomic mass is 10.00. The summed E-state index contributed by atoms with van der Waals surface area (Å²) in [6.45, 7) is 0.784. The number of piperidine rings is 1. The molecule has 1 fully saturated rings. The molecule has 0 spiro atoms. The van der Waals surface area contributed by atoms with Crippen LogP contribution < -0.4 is 4.90 Å². The summed E-state index contributed by atoms with van der Waals surface area (Å²) in [5, 5.41) is 0.854. The summed E-state index contributed by atoms with van der Waals surface area (Å²) in [4.78, 5) is 5.80. The Morgan fingerprint density at radius 3 is 2.79 bits per heavy atom. The number of alkyl halides is 4. The van der Waals surface area contributed by atoms with Gasteiger partial charge in [0.1, 0.15) is 11.5 Å². The maximum absolute atomic E-state index is 12.7. The Hall–Kier alpha value is -0.780. The van der Waals surface area contributed by atoms with Gasteiger partial charge in [-0.05, 0) is 37.8 Å². The second-order valence-corrected chi connectivity index (χ2v) is 5.49. The Labute approximate surface area is 119 Å². The Morgan fingerprint density at radius 1 is 1.32 bits per heavy atom. The van der Waals surface area contributed by atoms with E-state index in [4.69, 9.17) is 0 Å². The molecule has 106 valence electrons. The number of halogens is 4. The van der Waals surface area contributed by atoms with Crippen molar-refractivity contribution in [1.29, 1.82) is 0 Å². The molecule has 1 saturated heterocycles. The molecule has 19 heavy (non-hydrogen) atoms. The van der Waals surface area contributed by atoms with E-state index in [2.05, 4.69) is 20.9 Å². The molecule has 2 rings (SSSR count).